The predicted molar refractivity (Wildman–Crippen MR) is 72.9 cm³/mol. The van der Waals surface area contributed by atoms with E-state index in [1.54, 1.807) is 10.9 Å². The highest BCUT2D eigenvalue weighted by atomic mass is 35.5. The molecule has 100 valence electrons. The lowest BCUT2D eigenvalue weighted by Crippen LogP contribution is -2.25. The Morgan fingerprint density at radius 1 is 1.53 bits per heavy atom. The summed E-state index contributed by atoms with van der Waals surface area (Å²) in [6.07, 6.45) is 4.40. The second kappa shape index (κ2) is 5.71. The SMILES string of the molecule is Cn1cc(CCNC(=O)c2cc(N)nc(Cl)c2)cn1. The van der Waals surface area contributed by atoms with E-state index >= 15 is 0 Å². The van der Waals surface area contributed by atoms with Gasteiger partial charge in [0.25, 0.3) is 5.91 Å². The Kier molecular flexibility index (Phi) is 4.01. The van der Waals surface area contributed by atoms with Crippen LogP contribution in [0.5, 0.6) is 0 Å². The van der Waals surface area contributed by atoms with Crippen LogP contribution in [0.25, 0.3) is 0 Å². The largest absolute Gasteiger partial charge is 0.384 e. The molecule has 19 heavy (non-hydrogen) atoms. The minimum absolute atomic E-state index is 0.206. The lowest BCUT2D eigenvalue weighted by atomic mass is 10.2. The van der Waals surface area contributed by atoms with E-state index in [1.807, 2.05) is 13.2 Å². The fraction of sp³-hybridized carbons (Fsp3) is 0.250. The number of pyridine rings is 1. The van der Waals surface area contributed by atoms with Gasteiger partial charge in [-0.25, -0.2) is 4.98 Å². The van der Waals surface area contributed by atoms with Crippen molar-refractivity contribution >= 4 is 23.3 Å². The van der Waals surface area contributed by atoms with Crippen molar-refractivity contribution in [1.82, 2.24) is 20.1 Å². The van der Waals surface area contributed by atoms with Crippen molar-refractivity contribution in [3.05, 3.63) is 40.8 Å². The third kappa shape index (κ3) is 3.69. The molecule has 0 saturated carbocycles. The molecule has 0 aliphatic carbocycles. The number of nitrogens with zero attached hydrogens (tertiary/aromatic N) is 3. The number of nitrogen functional groups attached to an aromatic ring is 1. The van der Waals surface area contributed by atoms with Crippen LogP contribution in [0, 0.1) is 0 Å². The monoisotopic (exact) mass is 279 g/mol. The molecule has 0 unspecified atom stereocenters. The first kappa shape index (κ1) is 13.4. The first-order chi connectivity index (χ1) is 9.04. The average molecular weight is 280 g/mol. The smallest absolute Gasteiger partial charge is 0.251 e. The quantitative estimate of drug-likeness (QED) is 0.818. The number of hydrogen-bond donors (Lipinski definition) is 2. The van der Waals surface area contributed by atoms with Crippen LogP contribution in [0.4, 0.5) is 5.82 Å². The number of halogens is 1. The van der Waals surface area contributed by atoms with Crippen LogP contribution in [-0.4, -0.2) is 27.2 Å². The standard InChI is InChI=1S/C12H14ClN5O/c1-18-7-8(6-16-18)2-3-15-12(19)9-4-10(13)17-11(14)5-9/h4-7H,2-3H2,1H3,(H2,14,17)(H,15,19). The van der Waals surface area contributed by atoms with E-state index in [4.69, 9.17) is 17.3 Å². The van der Waals surface area contributed by atoms with Crippen LogP contribution in [0.15, 0.2) is 24.5 Å². The maximum atomic E-state index is 11.9. The Hall–Kier alpha value is -2.08. The van der Waals surface area contributed by atoms with Crippen LogP contribution in [-0.2, 0) is 13.5 Å². The van der Waals surface area contributed by atoms with E-state index in [2.05, 4.69) is 15.4 Å². The van der Waals surface area contributed by atoms with Gasteiger partial charge in [0.1, 0.15) is 11.0 Å². The molecule has 0 fully saturated rings. The molecule has 0 radical (unpaired) electrons. The molecule has 6 nitrogen and oxygen atoms in total. The number of rotatable bonds is 4. The average Bonchev–Trinajstić information content (AvgIpc) is 2.73. The topological polar surface area (TPSA) is 85.8 Å². The molecule has 2 heterocycles. The normalized spacial score (nSPS) is 10.4. The van der Waals surface area contributed by atoms with E-state index in [0.29, 0.717) is 18.5 Å². The van der Waals surface area contributed by atoms with Crippen molar-refractivity contribution in [1.29, 1.82) is 0 Å². The number of amides is 1. The number of nitrogens with one attached hydrogen (secondary N) is 1. The summed E-state index contributed by atoms with van der Waals surface area (Å²) < 4.78 is 1.72. The van der Waals surface area contributed by atoms with Crippen LogP contribution in [0.1, 0.15) is 15.9 Å². The Labute approximate surface area is 115 Å². The summed E-state index contributed by atoms with van der Waals surface area (Å²) in [5.41, 5.74) is 7.00. The zero-order valence-electron chi connectivity index (χ0n) is 10.4. The summed E-state index contributed by atoms with van der Waals surface area (Å²) in [4.78, 5) is 15.7. The second-order valence-corrected chi connectivity index (χ2v) is 4.52. The van der Waals surface area contributed by atoms with E-state index in [0.717, 1.165) is 5.56 Å². The molecule has 0 bridgehead atoms. The van der Waals surface area contributed by atoms with E-state index in [1.165, 1.54) is 12.1 Å². The number of carbonyl (C=O) groups excluding carboxylic acids is 1. The minimum atomic E-state index is -0.222. The highest BCUT2D eigenvalue weighted by Gasteiger charge is 2.08. The third-order valence-corrected chi connectivity index (χ3v) is 2.73. The first-order valence-corrected chi connectivity index (χ1v) is 6.11. The second-order valence-electron chi connectivity index (χ2n) is 4.13. The van der Waals surface area contributed by atoms with E-state index in [-0.39, 0.29) is 16.9 Å². The summed E-state index contributed by atoms with van der Waals surface area (Å²) in [5, 5.41) is 7.06. The number of nitrogens with two attached hydrogens (primary N) is 1. The molecule has 2 rings (SSSR count). The van der Waals surface area contributed by atoms with Gasteiger partial charge in [-0.15, -0.1) is 0 Å². The van der Waals surface area contributed by atoms with Gasteiger partial charge in [0.2, 0.25) is 0 Å². The molecule has 2 aromatic heterocycles. The number of hydrogen-bond acceptors (Lipinski definition) is 4. The fourth-order valence-corrected chi connectivity index (χ4v) is 1.89. The first-order valence-electron chi connectivity index (χ1n) is 5.73. The minimum Gasteiger partial charge on any atom is -0.384 e. The highest BCUT2D eigenvalue weighted by Crippen LogP contribution is 2.11. The molecule has 0 atom stereocenters. The van der Waals surface area contributed by atoms with Gasteiger partial charge in [0.05, 0.1) is 6.20 Å². The number of carbonyl (C=O) groups is 1. The van der Waals surface area contributed by atoms with Crippen LogP contribution in [0.2, 0.25) is 5.15 Å². The summed E-state index contributed by atoms with van der Waals surface area (Å²) in [6.45, 7) is 0.518. The molecule has 0 spiro atoms. The molecule has 0 saturated heterocycles. The van der Waals surface area contributed by atoms with E-state index < -0.39 is 0 Å². The molecule has 0 aliphatic heterocycles. The maximum Gasteiger partial charge on any atom is 0.251 e. The van der Waals surface area contributed by atoms with Gasteiger partial charge in [-0.1, -0.05) is 11.6 Å². The summed E-state index contributed by atoms with van der Waals surface area (Å²) in [5.74, 6) is 0.00444. The Morgan fingerprint density at radius 2 is 2.32 bits per heavy atom. The number of aromatic nitrogens is 3. The molecule has 3 N–H and O–H groups in total. The van der Waals surface area contributed by atoms with Gasteiger partial charge in [-0.05, 0) is 24.1 Å². The van der Waals surface area contributed by atoms with E-state index in [9.17, 15) is 4.79 Å². The summed E-state index contributed by atoms with van der Waals surface area (Å²) in [6, 6.07) is 2.97. The van der Waals surface area contributed by atoms with Crippen molar-refractivity contribution in [3.63, 3.8) is 0 Å². The van der Waals surface area contributed by atoms with Gasteiger partial charge >= 0.3 is 0 Å². The number of aryl methyl sites for hydroxylation is 1. The molecule has 7 heteroatoms. The van der Waals surface area contributed by atoms with Crippen molar-refractivity contribution in [2.24, 2.45) is 7.05 Å². The molecule has 0 aliphatic rings. The van der Waals surface area contributed by atoms with Crippen molar-refractivity contribution in [3.8, 4) is 0 Å². The van der Waals surface area contributed by atoms with Crippen molar-refractivity contribution < 1.29 is 4.79 Å². The molecular formula is C12H14ClN5O. The van der Waals surface area contributed by atoms with Crippen LogP contribution >= 0.6 is 11.6 Å². The third-order valence-electron chi connectivity index (χ3n) is 2.53. The van der Waals surface area contributed by atoms with Crippen LogP contribution in [0.3, 0.4) is 0 Å². The number of anilines is 1. The molecule has 2 aromatic rings. The summed E-state index contributed by atoms with van der Waals surface area (Å²) >= 11 is 5.74. The lowest BCUT2D eigenvalue weighted by Gasteiger charge is -2.05. The van der Waals surface area contributed by atoms with Crippen LogP contribution < -0.4 is 11.1 Å². The zero-order valence-corrected chi connectivity index (χ0v) is 11.2. The fourth-order valence-electron chi connectivity index (χ4n) is 1.67. The zero-order chi connectivity index (χ0) is 13.8. The lowest BCUT2D eigenvalue weighted by molar-refractivity contribution is 0.0954. The van der Waals surface area contributed by atoms with Gasteiger partial charge in [0.15, 0.2) is 0 Å². The van der Waals surface area contributed by atoms with Crippen molar-refractivity contribution in [2.45, 2.75) is 6.42 Å². The Morgan fingerprint density at radius 3 is 2.95 bits per heavy atom. The highest BCUT2D eigenvalue weighted by molar-refractivity contribution is 6.29. The van der Waals surface area contributed by atoms with Gasteiger partial charge in [-0.2, -0.15) is 5.10 Å². The molecule has 1 amide bonds. The maximum absolute atomic E-state index is 11.9. The Balaban J connectivity index is 1.90. The molecular weight excluding hydrogens is 266 g/mol. The molecule has 0 aromatic carbocycles. The Bertz CT molecular complexity index is 575. The van der Waals surface area contributed by atoms with Crippen molar-refractivity contribution in [2.75, 3.05) is 12.3 Å². The van der Waals surface area contributed by atoms with Gasteiger partial charge in [0, 0.05) is 25.4 Å². The van der Waals surface area contributed by atoms with Gasteiger partial charge in [-0.3, -0.25) is 9.48 Å². The predicted octanol–water partition coefficient (Wildman–Crippen LogP) is 1.02. The summed E-state index contributed by atoms with van der Waals surface area (Å²) in [7, 11) is 1.85. The van der Waals surface area contributed by atoms with Gasteiger partial charge < -0.3 is 11.1 Å².